The van der Waals surface area contributed by atoms with E-state index in [1.54, 1.807) is 12.1 Å². The fraction of sp³-hybridized carbons (Fsp3) is 0.500. The van der Waals surface area contributed by atoms with Gasteiger partial charge in [-0.2, -0.15) is 5.26 Å². The molecule has 0 spiro atoms. The van der Waals surface area contributed by atoms with Crippen molar-refractivity contribution in [1.29, 1.82) is 5.26 Å². The maximum atomic E-state index is 12.1. The minimum atomic E-state index is -0.981. The van der Waals surface area contributed by atoms with Crippen molar-refractivity contribution in [2.45, 2.75) is 44.8 Å². The average molecular weight is 272 g/mol. The number of aliphatic hydroxyl groups is 1. The molecule has 1 aliphatic carbocycles. The summed E-state index contributed by atoms with van der Waals surface area (Å²) < 4.78 is 0. The molecule has 1 atom stereocenters. The van der Waals surface area contributed by atoms with Crippen molar-refractivity contribution >= 4 is 5.91 Å². The first kappa shape index (κ1) is 14.5. The molecule has 0 saturated heterocycles. The highest BCUT2D eigenvalue weighted by Crippen LogP contribution is 2.41. The summed E-state index contributed by atoms with van der Waals surface area (Å²) in [7, 11) is 0. The van der Waals surface area contributed by atoms with Crippen molar-refractivity contribution in [1.82, 2.24) is 5.32 Å². The summed E-state index contributed by atoms with van der Waals surface area (Å²) in [6, 6.07) is 9.39. The highest BCUT2D eigenvalue weighted by molar-refractivity contribution is 5.81. The van der Waals surface area contributed by atoms with Gasteiger partial charge in [-0.15, -0.1) is 0 Å². The molecule has 1 aromatic rings. The molecule has 20 heavy (non-hydrogen) atoms. The van der Waals surface area contributed by atoms with E-state index in [1.165, 1.54) is 0 Å². The third-order valence-corrected chi connectivity index (χ3v) is 4.04. The van der Waals surface area contributed by atoms with Crippen LogP contribution in [0.5, 0.6) is 0 Å². The summed E-state index contributed by atoms with van der Waals surface area (Å²) in [5.41, 5.74) is 1.24. The Balaban J connectivity index is 2.17. The first-order valence-corrected chi connectivity index (χ1v) is 6.99. The van der Waals surface area contributed by atoms with Crippen molar-refractivity contribution in [3.63, 3.8) is 0 Å². The molecule has 0 heterocycles. The van der Waals surface area contributed by atoms with E-state index in [-0.39, 0.29) is 17.4 Å². The third-order valence-electron chi connectivity index (χ3n) is 4.04. The first-order valence-electron chi connectivity index (χ1n) is 6.99. The van der Waals surface area contributed by atoms with Crippen LogP contribution in [0.1, 0.15) is 44.2 Å². The van der Waals surface area contributed by atoms with Gasteiger partial charge < -0.3 is 10.4 Å². The van der Waals surface area contributed by atoms with Crippen molar-refractivity contribution in [2.24, 2.45) is 5.92 Å². The molecule has 0 unspecified atom stereocenters. The second-order valence-electron chi connectivity index (χ2n) is 5.80. The molecule has 0 bridgehead atoms. The van der Waals surface area contributed by atoms with Crippen molar-refractivity contribution < 1.29 is 9.90 Å². The van der Waals surface area contributed by atoms with Crippen molar-refractivity contribution in [3.05, 3.63) is 35.4 Å². The smallest absolute Gasteiger partial charge is 0.249 e. The van der Waals surface area contributed by atoms with Crippen molar-refractivity contribution in [3.8, 4) is 6.07 Å². The molecule has 2 N–H and O–H groups in total. The fourth-order valence-electron chi connectivity index (χ4n) is 2.49. The van der Waals surface area contributed by atoms with Crippen LogP contribution in [-0.4, -0.2) is 17.1 Å². The van der Waals surface area contributed by atoms with Crippen LogP contribution in [0.3, 0.4) is 0 Å². The predicted octanol–water partition coefficient (Wildman–Crippen LogP) is 2.07. The fourth-order valence-corrected chi connectivity index (χ4v) is 2.49. The molecule has 1 aromatic carbocycles. The summed E-state index contributed by atoms with van der Waals surface area (Å²) >= 11 is 0. The summed E-state index contributed by atoms with van der Waals surface area (Å²) in [5, 5.41) is 21.7. The van der Waals surface area contributed by atoms with E-state index in [1.807, 2.05) is 26.0 Å². The van der Waals surface area contributed by atoms with Gasteiger partial charge in [0, 0.05) is 0 Å². The molecule has 4 heteroatoms. The van der Waals surface area contributed by atoms with Crippen LogP contribution in [0.2, 0.25) is 0 Å². The SMILES string of the molecule is CC(C)[C@@H](O)C(=O)NC1(c2ccc(C#N)cc2)CCC1. The van der Waals surface area contributed by atoms with Crippen LogP contribution >= 0.6 is 0 Å². The van der Waals surface area contributed by atoms with E-state index in [9.17, 15) is 9.90 Å². The minimum Gasteiger partial charge on any atom is -0.383 e. The molecule has 0 radical (unpaired) electrons. The summed E-state index contributed by atoms with van der Waals surface area (Å²) in [5.74, 6) is -0.419. The number of nitrogens with zero attached hydrogens (tertiary/aromatic N) is 1. The lowest BCUT2D eigenvalue weighted by molar-refractivity contribution is -0.134. The second kappa shape index (κ2) is 5.64. The Labute approximate surface area is 119 Å². The van der Waals surface area contributed by atoms with Gasteiger partial charge >= 0.3 is 0 Å². The highest BCUT2D eigenvalue weighted by Gasteiger charge is 2.41. The number of amides is 1. The minimum absolute atomic E-state index is 0.104. The van der Waals surface area contributed by atoms with Gasteiger partial charge in [0.2, 0.25) is 5.91 Å². The summed E-state index contributed by atoms with van der Waals surface area (Å²) in [4.78, 5) is 12.1. The Kier molecular flexibility index (Phi) is 4.10. The van der Waals surface area contributed by atoms with E-state index in [4.69, 9.17) is 5.26 Å². The van der Waals surface area contributed by atoms with E-state index >= 15 is 0 Å². The Morgan fingerprint density at radius 1 is 1.35 bits per heavy atom. The van der Waals surface area contributed by atoms with Crippen LogP contribution in [0.4, 0.5) is 0 Å². The molecule has 0 aromatic heterocycles. The molecule has 1 saturated carbocycles. The number of carbonyl (C=O) groups excluding carboxylic acids is 1. The third kappa shape index (κ3) is 2.68. The Morgan fingerprint density at radius 3 is 2.35 bits per heavy atom. The number of hydrogen-bond acceptors (Lipinski definition) is 3. The van der Waals surface area contributed by atoms with Gasteiger partial charge in [-0.25, -0.2) is 0 Å². The largest absolute Gasteiger partial charge is 0.383 e. The van der Waals surface area contributed by atoms with E-state index in [2.05, 4.69) is 11.4 Å². The Morgan fingerprint density at radius 2 is 1.95 bits per heavy atom. The molecule has 106 valence electrons. The highest BCUT2D eigenvalue weighted by atomic mass is 16.3. The summed E-state index contributed by atoms with van der Waals surface area (Å²) in [6.45, 7) is 3.64. The molecule has 4 nitrogen and oxygen atoms in total. The lowest BCUT2D eigenvalue weighted by atomic mass is 9.71. The zero-order valence-corrected chi connectivity index (χ0v) is 11.9. The number of aliphatic hydroxyl groups excluding tert-OH is 1. The molecule has 1 amide bonds. The Bertz CT molecular complexity index is 524. The Hall–Kier alpha value is -1.86. The zero-order valence-electron chi connectivity index (χ0n) is 11.9. The number of hydrogen-bond donors (Lipinski definition) is 2. The van der Waals surface area contributed by atoms with Gasteiger partial charge in [0.25, 0.3) is 0 Å². The number of nitrogens with one attached hydrogen (secondary N) is 1. The average Bonchev–Trinajstić information content (AvgIpc) is 2.41. The molecule has 1 fully saturated rings. The maximum Gasteiger partial charge on any atom is 0.249 e. The summed E-state index contributed by atoms with van der Waals surface area (Å²) in [6.07, 6.45) is 1.81. The monoisotopic (exact) mass is 272 g/mol. The number of benzene rings is 1. The lowest BCUT2D eigenvalue weighted by Gasteiger charge is -2.43. The molecular formula is C16H20N2O2. The molecule has 0 aliphatic heterocycles. The molecule has 2 rings (SSSR count). The normalized spacial score (nSPS) is 17.9. The maximum absolute atomic E-state index is 12.1. The van der Waals surface area contributed by atoms with Crippen molar-refractivity contribution in [2.75, 3.05) is 0 Å². The van der Waals surface area contributed by atoms with Gasteiger partial charge in [-0.1, -0.05) is 26.0 Å². The van der Waals surface area contributed by atoms with Crippen LogP contribution in [0, 0.1) is 17.2 Å². The van der Waals surface area contributed by atoms with Gasteiger partial charge in [-0.05, 0) is 42.9 Å². The van der Waals surface area contributed by atoms with E-state index in [0.29, 0.717) is 5.56 Å². The second-order valence-corrected chi connectivity index (χ2v) is 5.80. The van der Waals surface area contributed by atoms with Gasteiger partial charge in [0.1, 0.15) is 6.10 Å². The van der Waals surface area contributed by atoms with Crippen LogP contribution in [0.25, 0.3) is 0 Å². The molecule has 1 aliphatic rings. The van der Waals surface area contributed by atoms with E-state index < -0.39 is 6.10 Å². The first-order chi connectivity index (χ1) is 9.48. The topological polar surface area (TPSA) is 73.1 Å². The molecular weight excluding hydrogens is 252 g/mol. The number of nitriles is 1. The van der Waals surface area contributed by atoms with Gasteiger partial charge in [0.05, 0.1) is 17.2 Å². The number of rotatable bonds is 4. The standard InChI is InChI=1S/C16H20N2O2/c1-11(2)14(19)15(20)18-16(8-3-9-16)13-6-4-12(10-17)5-7-13/h4-7,11,14,19H,3,8-9H2,1-2H3,(H,18,20)/t14-/m1/s1. The number of carbonyl (C=O) groups is 1. The lowest BCUT2D eigenvalue weighted by Crippen LogP contribution is -2.54. The predicted molar refractivity (Wildman–Crippen MR) is 75.7 cm³/mol. The van der Waals surface area contributed by atoms with Crippen LogP contribution in [0.15, 0.2) is 24.3 Å². The zero-order chi connectivity index (χ0) is 14.8. The van der Waals surface area contributed by atoms with E-state index in [0.717, 1.165) is 24.8 Å². The van der Waals surface area contributed by atoms with Crippen LogP contribution in [-0.2, 0) is 10.3 Å². The van der Waals surface area contributed by atoms with Gasteiger partial charge in [0.15, 0.2) is 0 Å². The quantitative estimate of drug-likeness (QED) is 0.881. The van der Waals surface area contributed by atoms with Crippen LogP contribution < -0.4 is 5.32 Å². The van der Waals surface area contributed by atoms with Gasteiger partial charge in [-0.3, -0.25) is 4.79 Å².